The summed E-state index contributed by atoms with van der Waals surface area (Å²) in [4.78, 5) is 11.6. The molecule has 1 atom stereocenters. The fraction of sp³-hybridized carbons (Fsp3) is 0.545. The van der Waals surface area contributed by atoms with E-state index < -0.39 is 0 Å². The van der Waals surface area contributed by atoms with Crippen molar-refractivity contribution in [1.82, 2.24) is 0 Å². The highest BCUT2D eigenvalue weighted by Gasteiger charge is 2.16. The Hall–Kier alpha value is -1.05. The second-order valence-corrected chi connectivity index (χ2v) is 3.38. The molecule has 1 heterocycles. The standard InChI is InChI=1S/C11H16O2/c1-3-4-6-9(2)11(12)10-7-5-8-13-10/h5,7-9H,3-4,6H2,1-2H3. The van der Waals surface area contributed by atoms with Gasteiger partial charge in [0.1, 0.15) is 0 Å². The summed E-state index contributed by atoms with van der Waals surface area (Å²) in [5.74, 6) is 0.702. The second kappa shape index (κ2) is 4.85. The highest BCUT2D eigenvalue weighted by Crippen LogP contribution is 2.14. The van der Waals surface area contributed by atoms with Crippen LogP contribution in [0, 0.1) is 5.92 Å². The molecule has 2 nitrogen and oxygen atoms in total. The molecule has 1 aromatic heterocycles. The molecule has 72 valence electrons. The van der Waals surface area contributed by atoms with Crippen LogP contribution in [-0.4, -0.2) is 5.78 Å². The van der Waals surface area contributed by atoms with E-state index in [2.05, 4.69) is 6.92 Å². The second-order valence-electron chi connectivity index (χ2n) is 3.38. The van der Waals surface area contributed by atoms with Crippen molar-refractivity contribution in [3.05, 3.63) is 24.2 Å². The van der Waals surface area contributed by atoms with E-state index in [0.717, 1.165) is 19.3 Å². The molecule has 0 fully saturated rings. The molecule has 0 aliphatic heterocycles. The third kappa shape index (κ3) is 2.72. The van der Waals surface area contributed by atoms with E-state index in [1.165, 1.54) is 0 Å². The van der Waals surface area contributed by atoms with Crippen molar-refractivity contribution in [2.24, 2.45) is 5.92 Å². The quantitative estimate of drug-likeness (QED) is 0.651. The smallest absolute Gasteiger partial charge is 0.200 e. The van der Waals surface area contributed by atoms with Crippen LogP contribution in [0.1, 0.15) is 43.7 Å². The highest BCUT2D eigenvalue weighted by molar-refractivity contribution is 5.94. The summed E-state index contributed by atoms with van der Waals surface area (Å²) in [6.07, 6.45) is 4.74. The zero-order valence-electron chi connectivity index (χ0n) is 8.25. The third-order valence-corrected chi connectivity index (χ3v) is 2.20. The molecule has 0 radical (unpaired) electrons. The SMILES string of the molecule is CCCCC(C)C(=O)c1ccco1. The lowest BCUT2D eigenvalue weighted by molar-refractivity contribution is 0.0894. The normalized spacial score (nSPS) is 12.8. The van der Waals surface area contributed by atoms with Crippen molar-refractivity contribution in [2.45, 2.75) is 33.1 Å². The lowest BCUT2D eigenvalue weighted by atomic mass is 9.98. The van der Waals surface area contributed by atoms with E-state index in [-0.39, 0.29) is 11.7 Å². The molecule has 0 saturated carbocycles. The van der Waals surface area contributed by atoms with Crippen LogP contribution < -0.4 is 0 Å². The van der Waals surface area contributed by atoms with Gasteiger partial charge < -0.3 is 4.42 Å². The zero-order valence-corrected chi connectivity index (χ0v) is 8.25. The highest BCUT2D eigenvalue weighted by atomic mass is 16.3. The van der Waals surface area contributed by atoms with E-state index in [9.17, 15) is 4.79 Å². The lowest BCUT2D eigenvalue weighted by Crippen LogP contribution is -2.10. The Bertz CT molecular complexity index is 249. The Labute approximate surface area is 78.9 Å². The molecule has 13 heavy (non-hydrogen) atoms. The average Bonchev–Trinajstić information content (AvgIpc) is 2.65. The average molecular weight is 180 g/mol. The molecule has 0 spiro atoms. The van der Waals surface area contributed by atoms with Crippen molar-refractivity contribution in [3.63, 3.8) is 0 Å². The van der Waals surface area contributed by atoms with Gasteiger partial charge in [0.15, 0.2) is 5.76 Å². The predicted octanol–water partition coefficient (Wildman–Crippen LogP) is 3.29. The van der Waals surface area contributed by atoms with Gasteiger partial charge in [-0.1, -0.05) is 26.7 Å². The fourth-order valence-electron chi connectivity index (χ4n) is 1.30. The first kappa shape index (κ1) is 10.0. The Morgan fingerprint density at radius 3 is 2.92 bits per heavy atom. The molecule has 1 rings (SSSR count). The van der Waals surface area contributed by atoms with Gasteiger partial charge in [-0.2, -0.15) is 0 Å². The maximum Gasteiger partial charge on any atom is 0.200 e. The van der Waals surface area contributed by atoms with Crippen molar-refractivity contribution < 1.29 is 9.21 Å². The number of hydrogen-bond acceptors (Lipinski definition) is 2. The van der Waals surface area contributed by atoms with Gasteiger partial charge in [0, 0.05) is 5.92 Å². The fourth-order valence-corrected chi connectivity index (χ4v) is 1.30. The molecule has 0 bridgehead atoms. The molecule has 0 aliphatic rings. The van der Waals surface area contributed by atoms with E-state index in [4.69, 9.17) is 4.42 Å². The summed E-state index contributed by atoms with van der Waals surface area (Å²) < 4.78 is 5.05. The molecule has 0 N–H and O–H groups in total. The number of carbonyl (C=O) groups is 1. The first-order chi connectivity index (χ1) is 6.25. The Kier molecular flexibility index (Phi) is 3.74. The number of hydrogen-bond donors (Lipinski definition) is 0. The summed E-state index contributed by atoms with van der Waals surface area (Å²) in [6.45, 7) is 4.09. The summed E-state index contributed by atoms with van der Waals surface area (Å²) in [5.41, 5.74) is 0. The number of rotatable bonds is 5. The summed E-state index contributed by atoms with van der Waals surface area (Å²) in [7, 11) is 0. The van der Waals surface area contributed by atoms with Crippen molar-refractivity contribution in [1.29, 1.82) is 0 Å². The number of Topliss-reactive ketones (excluding diaryl/α,β-unsaturated/α-hetero) is 1. The minimum Gasteiger partial charge on any atom is -0.461 e. The zero-order chi connectivity index (χ0) is 9.68. The predicted molar refractivity (Wildman–Crippen MR) is 51.7 cm³/mol. The van der Waals surface area contributed by atoms with Crippen LogP contribution in [0.3, 0.4) is 0 Å². The van der Waals surface area contributed by atoms with Gasteiger partial charge in [-0.15, -0.1) is 0 Å². The first-order valence-corrected chi connectivity index (χ1v) is 4.83. The Balaban J connectivity index is 2.48. The van der Waals surface area contributed by atoms with Crippen LogP contribution in [0.25, 0.3) is 0 Å². The molecule has 0 amide bonds. The van der Waals surface area contributed by atoms with Crippen LogP contribution in [0.5, 0.6) is 0 Å². The van der Waals surface area contributed by atoms with Gasteiger partial charge in [0.25, 0.3) is 0 Å². The molecular weight excluding hydrogens is 164 g/mol. The lowest BCUT2D eigenvalue weighted by Gasteiger charge is -2.06. The van der Waals surface area contributed by atoms with Crippen LogP contribution >= 0.6 is 0 Å². The number of furan rings is 1. The molecule has 2 heteroatoms. The van der Waals surface area contributed by atoms with Gasteiger partial charge in [-0.05, 0) is 18.6 Å². The summed E-state index contributed by atoms with van der Waals surface area (Å²) in [6, 6.07) is 3.48. The van der Waals surface area contributed by atoms with E-state index in [0.29, 0.717) is 5.76 Å². The summed E-state index contributed by atoms with van der Waals surface area (Å²) in [5, 5.41) is 0. The van der Waals surface area contributed by atoms with E-state index in [1.807, 2.05) is 6.92 Å². The van der Waals surface area contributed by atoms with Crippen molar-refractivity contribution in [3.8, 4) is 0 Å². The molecule has 1 unspecified atom stereocenters. The minimum atomic E-state index is 0.0890. The largest absolute Gasteiger partial charge is 0.461 e. The number of carbonyl (C=O) groups excluding carboxylic acids is 1. The van der Waals surface area contributed by atoms with E-state index >= 15 is 0 Å². The number of unbranched alkanes of at least 4 members (excludes halogenated alkanes) is 1. The maximum atomic E-state index is 11.6. The Morgan fingerprint density at radius 1 is 1.62 bits per heavy atom. The number of ketones is 1. The van der Waals surface area contributed by atoms with Crippen LogP contribution in [0.4, 0.5) is 0 Å². The van der Waals surface area contributed by atoms with Gasteiger partial charge in [-0.25, -0.2) is 0 Å². The summed E-state index contributed by atoms with van der Waals surface area (Å²) >= 11 is 0. The Morgan fingerprint density at radius 2 is 2.38 bits per heavy atom. The monoisotopic (exact) mass is 180 g/mol. The van der Waals surface area contributed by atoms with Gasteiger partial charge in [-0.3, -0.25) is 4.79 Å². The van der Waals surface area contributed by atoms with Crippen LogP contribution in [-0.2, 0) is 0 Å². The van der Waals surface area contributed by atoms with Crippen molar-refractivity contribution >= 4 is 5.78 Å². The molecule has 0 aliphatic carbocycles. The first-order valence-electron chi connectivity index (χ1n) is 4.83. The molecule has 0 saturated heterocycles. The van der Waals surface area contributed by atoms with Crippen LogP contribution in [0.15, 0.2) is 22.8 Å². The third-order valence-electron chi connectivity index (χ3n) is 2.20. The molecule has 1 aromatic rings. The van der Waals surface area contributed by atoms with Crippen molar-refractivity contribution in [2.75, 3.05) is 0 Å². The maximum absolute atomic E-state index is 11.6. The van der Waals surface area contributed by atoms with E-state index in [1.54, 1.807) is 18.4 Å². The van der Waals surface area contributed by atoms with Gasteiger partial charge in [0.05, 0.1) is 6.26 Å². The van der Waals surface area contributed by atoms with Gasteiger partial charge in [0.2, 0.25) is 5.78 Å². The topological polar surface area (TPSA) is 30.2 Å². The molecular formula is C11H16O2. The van der Waals surface area contributed by atoms with Gasteiger partial charge >= 0.3 is 0 Å². The molecule has 0 aromatic carbocycles. The van der Waals surface area contributed by atoms with Crippen LogP contribution in [0.2, 0.25) is 0 Å². The minimum absolute atomic E-state index is 0.0890.